The molecular formula is C22H13BrClNO5S. The molecule has 156 valence electrons. The van der Waals surface area contributed by atoms with Gasteiger partial charge in [-0.3, -0.25) is 9.52 Å². The predicted octanol–water partition coefficient (Wildman–Crippen LogP) is 5.24. The maximum atomic E-state index is 12.8. The van der Waals surface area contributed by atoms with Gasteiger partial charge >= 0.3 is 5.63 Å². The Labute approximate surface area is 190 Å². The first-order valence-electron chi connectivity index (χ1n) is 8.89. The lowest BCUT2D eigenvalue weighted by molar-refractivity contribution is 0.103. The molecule has 0 fully saturated rings. The van der Waals surface area contributed by atoms with Gasteiger partial charge in [0, 0.05) is 26.1 Å². The molecule has 0 bridgehead atoms. The SMILES string of the molecule is O=C(c1ccc(NS(=O)(=O)c2ccc(Br)cc2)cc1)c1cc2cc(Cl)ccc2oc1=O. The zero-order chi connectivity index (χ0) is 22.2. The Balaban J connectivity index is 1.60. The molecule has 9 heteroatoms. The van der Waals surface area contributed by atoms with Crippen LogP contribution in [0.1, 0.15) is 15.9 Å². The third-order valence-corrected chi connectivity index (χ3v) is 6.62. The van der Waals surface area contributed by atoms with Gasteiger partial charge in [-0.2, -0.15) is 0 Å². The fraction of sp³-hybridized carbons (Fsp3) is 0. The molecule has 0 saturated heterocycles. The molecule has 3 aromatic carbocycles. The Morgan fingerprint density at radius 3 is 2.29 bits per heavy atom. The normalized spacial score (nSPS) is 11.4. The van der Waals surface area contributed by atoms with Crippen LogP contribution in [-0.4, -0.2) is 14.2 Å². The summed E-state index contributed by atoms with van der Waals surface area (Å²) in [4.78, 5) is 25.2. The van der Waals surface area contributed by atoms with Crippen molar-refractivity contribution in [1.82, 2.24) is 0 Å². The number of carbonyl (C=O) groups excluding carboxylic acids is 1. The quantitative estimate of drug-likeness (QED) is 0.288. The molecule has 6 nitrogen and oxygen atoms in total. The minimum absolute atomic E-state index is 0.100. The highest BCUT2D eigenvalue weighted by atomic mass is 79.9. The van der Waals surface area contributed by atoms with E-state index in [1.54, 1.807) is 30.3 Å². The number of sulfonamides is 1. The third-order valence-electron chi connectivity index (χ3n) is 4.46. The van der Waals surface area contributed by atoms with Crippen LogP contribution in [-0.2, 0) is 10.0 Å². The van der Waals surface area contributed by atoms with Gasteiger partial charge < -0.3 is 4.42 Å². The van der Waals surface area contributed by atoms with Crippen molar-refractivity contribution in [2.75, 3.05) is 4.72 Å². The van der Waals surface area contributed by atoms with E-state index in [1.165, 1.54) is 42.5 Å². The first kappa shape index (κ1) is 21.3. The van der Waals surface area contributed by atoms with E-state index in [0.29, 0.717) is 16.0 Å². The maximum absolute atomic E-state index is 12.8. The van der Waals surface area contributed by atoms with Gasteiger partial charge in [-0.15, -0.1) is 0 Å². The van der Waals surface area contributed by atoms with Crippen LogP contribution in [0.5, 0.6) is 0 Å². The Morgan fingerprint density at radius 1 is 0.935 bits per heavy atom. The molecule has 4 aromatic rings. The van der Waals surface area contributed by atoms with Gasteiger partial charge in [0.2, 0.25) is 0 Å². The van der Waals surface area contributed by atoms with Crippen LogP contribution in [0.4, 0.5) is 5.69 Å². The number of hydrogen-bond donors (Lipinski definition) is 1. The molecule has 0 radical (unpaired) electrons. The van der Waals surface area contributed by atoms with Crippen LogP contribution >= 0.6 is 27.5 Å². The first-order chi connectivity index (χ1) is 14.7. The lowest BCUT2D eigenvalue weighted by Gasteiger charge is -2.09. The Kier molecular flexibility index (Phi) is 5.70. The molecule has 0 spiro atoms. The number of anilines is 1. The van der Waals surface area contributed by atoms with Gasteiger partial charge in [0.05, 0.1) is 4.90 Å². The maximum Gasteiger partial charge on any atom is 0.347 e. The third kappa shape index (κ3) is 4.56. The van der Waals surface area contributed by atoms with E-state index in [4.69, 9.17) is 16.0 Å². The Morgan fingerprint density at radius 2 is 1.61 bits per heavy atom. The smallest absolute Gasteiger partial charge is 0.347 e. The lowest BCUT2D eigenvalue weighted by atomic mass is 10.0. The fourth-order valence-electron chi connectivity index (χ4n) is 2.93. The summed E-state index contributed by atoms with van der Waals surface area (Å²) in [6.45, 7) is 0. The number of carbonyl (C=O) groups is 1. The monoisotopic (exact) mass is 517 g/mol. The van der Waals surface area contributed by atoms with Crippen molar-refractivity contribution in [3.8, 4) is 0 Å². The summed E-state index contributed by atoms with van der Waals surface area (Å²) >= 11 is 9.23. The number of nitrogens with one attached hydrogen (secondary N) is 1. The van der Waals surface area contributed by atoms with E-state index in [2.05, 4.69) is 20.7 Å². The van der Waals surface area contributed by atoms with Crippen molar-refractivity contribution in [2.24, 2.45) is 0 Å². The van der Waals surface area contributed by atoms with Crippen molar-refractivity contribution < 1.29 is 17.6 Å². The van der Waals surface area contributed by atoms with Crippen molar-refractivity contribution >= 4 is 60.0 Å². The van der Waals surface area contributed by atoms with Gasteiger partial charge in [-0.25, -0.2) is 13.2 Å². The van der Waals surface area contributed by atoms with Gasteiger partial charge in [0.25, 0.3) is 10.0 Å². The molecule has 0 unspecified atom stereocenters. The lowest BCUT2D eigenvalue weighted by Crippen LogP contribution is -2.15. The number of fused-ring (bicyclic) bond motifs is 1. The second-order valence-electron chi connectivity index (χ2n) is 6.60. The van der Waals surface area contributed by atoms with Crippen molar-refractivity contribution in [1.29, 1.82) is 0 Å². The number of rotatable bonds is 5. The van der Waals surface area contributed by atoms with Gasteiger partial charge in [-0.05, 0) is 72.8 Å². The molecule has 4 rings (SSSR count). The van der Waals surface area contributed by atoms with E-state index in [9.17, 15) is 18.0 Å². The summed E-state index contributed by atoms with van der Waals surface area (Å²) in [6.07, 6.45) is 0. The van der Waals surface area contributed by atoms with Crippen LogP contribution in [0.15, 0.2) is 91.4 Å². The van der Waals surface area contributed by atoms with Crippen LogP contribution < -0.4 is 10.3 Å². The van der Waals surface area contributed by atoms with E-state index in [0.717, 1.165) is 4.47 Å². The summed E-state index contributed by atoms with van der Waals surface area (Å²) in [5.41, 5.74) is -0.0986. The fourth-order valence-corrected chi connectivity index (χ4v) is 4.43. The first-order valence-corrected chi connectivity index (χ1v) is 11.5. The number of hydrogen-bond acceptors (Lipinski definition) is 5. The van der Waals surface area contributed by atoms with Crippen molar-refractivity contribution in [3.63, 3.8) is 0 Å². The molecule has 0 amide bonds. The summed E-state index contributed by atoms with van der Waals surface area (Å²) in [5.74, 6) is -0.544. The van der Waals surface area contributed by atoms with Gasteiger partial charge in [-0.1, -0.05) is 27.5 Å². The van der Waals surface area contributed by atoms with Crippen molar-refractivity contribution in [2.45, 2.75) is 4.90 Å². The van der Waals surface area contributed by atoms with E-state index in [1.807, 2.05) is 0 Å². The second-order valence-corrected chi connectivity index (χ2v) is 9.63. The molecule has 31 heavy (non-hydrogen) atoms. The number of halogens is 2. The summed E-state index contributed by atoms with van der Waals surface area (Å²) in [5, 5.41) is 0.969. The molecule has 1 aromatic heterocycles. The summed E-state index contributed by atoms with van der Waals surface area (Å²) < 4.78 is 33.4. The molecule has 0 atom stereocenters. The molecule has 1 heterocycles. The number of benzene rings is 3. The Bertz CT molecular complexity index is 1460. The standard InChI is InChI=1S/C22H13BrClNO5S/c23-15-3-8-18(9-4-15)31(28,29)25-17-6-1-13(2-7-17)21(26)19-12-14-11-16(24)5-10-20(14)30-22(19)27/h1-12,25H. The average Bonchev–Trinajstić information content (AvgIpc) is 2.73. The minimum Gasteiger partial charge on any atom is -0.422 e. The highest BCUT2D eigenvalue weighted by molar-refractivity contribution is 9.10. The van der Waals surface area contributed by atoms with Crippen LogP contribution in [0.3, 0.4) is 0 Å². The predicted molar refractivity (Wildman–Crippen MR) is 122 cm³/mol. The van der Waals surface area contributed by atoms with Gasteiger partial charge in [0.15, 0.2) is 5.78 Å². The molecule has 1 N–H and O–H groups in total. The summed E-state index contributed by atoms with van der Waals surface area (Å²) in [7, 11) is -3.78. The molecule has 0 aliphatic rings. The van der Waals surface area contributed by atoms with Crippen LogP contribution in [0, 0.1) is 0 Å². The molecule has 0 aliphatic carbocycles. The number of ketones is 1. The van der Waals surface area contributed by atoms with E-state index < -0.39 is 21.4 Å². The topological polar surface area (TPSA) is 93.4 Å². The van der Waals surface area contributed by atoms with Crippen LogP contribution in [0.2, 0.25) is 5.02 Å². The zero-order valence-corrected chi connectivity index (χ0v) is 18.8. The summed E-state index contributed by atoms with van der Waals surface area (Å²) in [6, 6.07) is 18.1. The largest absolute Gasteiger partial charge is 0.422 e. The zero-order valence-electron chi connectivity index (χ0n) is 15.6. The van der Waals surface area contributed by atoms with Crippen molar-refractivity contribution in [3.05, 3.63) is 104 Å². The van der Waals surface area contributed by atoms with Crippen LogP contribution in [0.25, 0.3) is 11.0 Å². The highest BCUT2D eigenvalue weighted by Crippen LogP contribution is 2.22. The average molecular weight is 519 g/mol. The highest BCUT2D eigenvalue weighted by Gasteiger charge is 2.18. The van der Waals surface area contributed by atoms with Gasteiger partial charge in [0.1, 0.15) is 11.1 Å². The minimum atomic E-state index is -3.78. The molecule has 0 aliphatic heterocycles. The van der Waals surface area contributed by atoms with E-state index >= 15 is 0 Å². The molecule has 0 saturated carbocycles. The molecular weight excluding hydrogens is 506 g/mol. The van der Waals surface area contributed by atoms with E-state index in [-0.39, 0.29) is 21.7 Å². The Hall–Kier alpha value is -2.94. The second kappa shape index (κ2) is 8.30.